The molecule has 0 rings (SSSR count). The number of rotatable bonds is 49. The normalized spacial score (nSPS) is 12.4. The Morgan fingerprint density at radius 2 is 0.583 bits per heavy atom. The molecular weight excluding hydrogens is 745 g/mol. The molecule has 2 atom stereocenters. The Labute approximate surface area is 374 Å². The lowest BCUT2D eigenvalue weighted by molar-refractivity contribution is -0.167. The van der Waals surface area contributed by atoms with E-state index in [2.05, 4.69) is 27.7 Å². The average Bonchev–Trinajstić information content (AvgIpc) is 3.25. The monoisotopic (exact) mass is 849 g/mol. The summed E-state index contributed by atoms with van der Waals surface area (Å²) in [5.41, 5.74) is 0. The van der Waals surface area contributed by atoms with Crippen molar-refractivity contribution in [2.45, 2.75) is 310 Å². The van der Waals surface area contributed by atoms with E-state index in [9.17, 15) is 14.4 Å². The van der Waals surface area contributed by atoms with E-state index in [4.69, 9.17) is 14.2 Å². The SMILES string of the molecule is CCCCCCCCCCCCCCCCCC(=O)OC[C@@H](COC(=O)CCCCCCCCCCC)OC(=O)CCCCCCCCCCCCCCCCC(C)CC. The molecule has 0 bridgehead atoms. The minimum Gasteiger partial charge on any atom is -0.462 e. The van der Waals surface area contributed by atoms with Gasteiger partial charge in [-0.3, -0.25) is 14.4 Å². The van der Waals surface area contributed by atoms with E-state index in [1.807, 2.05) is 0 Å². The van der Waals surface area contributed by atoms with Crippen LogP contribution in [0, 0.1) is 5.92 Å². The Kier molecular flexibility index (Phi) is 47.2. The van der Waals surface area contributed by atoms with Crippen molar-refractivity contribution in [3.8, 4) is 0 Å². The summed E-state index contributed by atoms with van der Waals surface area (Å²) < 4.78 is 16.8. The van der Waals surface area contributed by atoms with E-state index in [-0.39, 0.29) is 31.1 Å². The Morgan fingerprint density at radius 1 is 0.333 bits per heavy atom. The first-order chi connectivity index (χ1) is 29.4. The van der Waals surface area contributed by atoms with E-state index in [0.29, 0.717) is 19.3 Å². The van der Waals surface area contributed by atoms with Crippen molar-refractivity contribution in [2.24, 2.45) is 5.92 Å². The Balaban J connectivity index is 4.25. The molecule has 0 heterocycles. The average molecular weight is 849 g/mol. The van der Waals surface area contributed by atoms with Gasteiger partial charge in [-0.2, -0.15) is 0 Å². The summed E-state index contributed by atoms with van der Waals surface area (Å²) in [5.74, 6) is 0.0507. The molecule has 0 aliphatic heterocycles. The molecule has 0 N–H and O–H groups in total. The van der Waals surface area contributed by atoms with Crippen LogP contribution in [0.15, 0.2) is 0 Å². The molecule has 0 saturated carbocycles. The molecular formula is C54H104O6. The van der Waals surface area contributed by atoms with Gasteiger partial charge in [-0.15, -0.1) is 0 Å². The zero-order valence-corrected chi connectivity index (χ0v) is 40.9. The second-order valence-electron chi connectivity index (χ2n) is 18.8. The number of unbranched alkanes of at least 4 members (excludes halogenated alkanes) is 35. The van der Waals surface area contributed by atoms with Gasteiger partial charge < -0.3 is 14.2 Å². The first kappa shape index (κ1) is 58.4. The molecule has 0 radical (unpaired) electrons. The molecule has 60 heavy (non-hydrogen) atoms. The highest BCUT2D eigenvalue weighted by molar-refractivity contribution is 5.71. The molecule has 0 amide bonds. The van der Waals surface area contributed by atoms with Gasteiger partial charge in [-0.05, 0) is 25.2 Å². The van der Waals surface area contributed by atoms with Gasteiger partial charge in [-0.1, -0.05) is 265 Å². The van der Waals surface area contributed by atoms with E-state index < -0.39 is 6.10 Å². The van der Waals surface area contributed by atoms with Gasteiger partial charge in [0.1, 0.15) is 13.2 Å². The van der Waals surface area contributed by atoms with Crippen molar-refractivity contribution < 1.29 is 28.6 Å². The minimum absolute atomic E-state index is 0.0625. The van der Waals surface area contributed by atoms with Crippen LogP contribution in [0.4, 0.5) is 0 Å². The van der Waals surface area contributed by atoms with Crippen LogP contribution in [0.5, 0.6) is 0 Å². The third-order valence-electron chi connectivity index (χ3n) is 12.7. The largest absolute Gasteiger partial charge is 0.462 e. The van der Waals surface area contributed by atoms with E-state index >= 15 is 0 Å². The standard InChI is InChI=1S/C54H104O6/c1-5-8-10-12-14-16-17-18-19-23-26-30-34-38-42-46-53(56)59-49-51(48-58-52(55)45-41-37-33-28-15-13-11-9-6-2)60-54(57)47-43-39-35-31-27-24-21-20-22-25-29-32-36-40-44-50(4)7-3/h50-51H,5-49H2,1-4H3/t50?,51-/m1/s1. The summed E-state index contributed by atoms with van der Waals surface area (Å²) in [6.45, 7) is 9.06. The number of hydrogen-bond acceptors (Lipinski definition) is 6. The summed E-state index contributed by atoms with van der Waals surface area (Å²) in [4.78, 5) is 37.9. The van der Waals surface area contributed by atoms with Crippen LogP contribution in [0.3, 0.4) is 0 Å². The van der Waals surface area contributed by atoms with Crippen LogP contribution in [-0.4, -0.2) is 37.2 Å². The molecule has 0 aliphatic rings. The van der Waals surface area contributed by atoms with Crippen LogP contribution in [0.25, 0.3) is 0 Å². The van der Waals surface area contributed by atoms with E-state index in [0.717, 1.165) is 63.7 Å². The highest BCUT2D eigenvalue weighted by atomic mass is 16.6. The van der Waals surface area contributed by atoms with Crippen molar-refractivity contribution in [1.82, 2.24) is 0 Å². The van der Waals surface area contributed by atoms with Crippen LogP contribution >= 0.6 is 0 Å². The van der Waals surface area contributed by atoms with Crippen LogP contribution in [-0.2, 0) is 28.6 Å². The molecule has 0 aliphatic carbocycles. The number of carbonyl (C=O) groups is 3. The van der Waals surface area contributed by atoms with Gasteiger partial charge in [0, 0.05) is 19.3 Å². The fourth-order valence-electron chi connectivity index (χ4n) is 8.19. The van der Waals surface area contributed by atoms with Crippen molar-refractivity contribution >= 4 is 17.9 Å². The molecule has 6 nitrogen and oxygen atoms in total. The van der Waals surface area contributed by atoms with Gasteiger partial charge >= 0.3 is 17.9 Å². The molecule has 0 aromatic heterocycles. The molecule has 0 saturated heterocycles. The predicted octanol–water partition coefficient (Wildman–Crippen LogP) is 17.5. The lowest BCUT2D eigenvalue weighted by Crippen LogP contribution is -2.30. The first-order valence-electron chi connectivity index (χ1n) is 26.9. The summed E-state index contributed by atoms with van der Waals surface area (Å²) >= 11 is 0. The molecule has 6 heteroatoms. The predicted molar refractivity (Wildman–Crippen MR) is 257 cm³/mol. The molecule has 0 aromatic carbocycles. The van der Waals surface area contributed by atoms with E-state index in [1.165, 1.54) is 199 Å². The zero-order chi connectivity index (χ0) is 43.8. The molecule has 0 fully saturated rings. The van der Waals surface area contributed by atoms with Gasteiger partial charge in [-0.25, -0.2) is 0 Å². The molecule has 0 spiro atoms. The van der Waals surface area contributed by atoms with Gasteiger partial charge in [0.2, 0.25) is 0 Å². The van der Waals surface area contributed by atoms with Gasteiger partial charge in [0.15, 0.2) is 6.10 Å². The minimum atomic E-state index is -0.760. The quantitative estimate of drug-likeness (QED) is 0.0345. The molecule has 1 unspecified atom stereocenters. The van der Waals surface area contributed by atoms with Crippen molar-refractivity contribution in [1.29, 1.82) is 0 Å². The van der Waals surface area contributed by atoms with Gasteiger partial charge in [0.25, 0.3) is 0 Å². The summed E-state index contributed by atoms with van der Waals surface area (Å²) in [6, 6.07) is 0. The Morgan fingerprint density at radius 3 is 0.867 bits per heavy atom. The highest BCUT2D eigenvalue weighted by Gasteiger charge is 2.19. The highest BCUT2D eigenvalue weighted by Crippen LogP contribution is 2.18. The number of ether oxygens (including phenoxy) is 3. The fraction of sp³-hybridized carbons (Fsp3) is 0.944. The number of esters is 3. The van der Waals surface area contributed by atoms with Gasteiger partial charge in [0.05, 0.1) is 0 Å². The summed E-state index contributed by atoms with van der Waals surface area (Å²) in [7, 11) is 0. The van der Waals surface area contributed by atoms with Crippen LogP contribution < -0.4 is 0 Å². The maximum absolute atomic E-state index is 12.8. The smallest absolute Gasteiger partial charge is 0.306 e. The fourth-order valence-corrected chi connectivity index (χ4v) is 8.19. The Bertz CT molecular complexity index is 905. The summed E-state index contributed by atoms with van der Waals surface area (Å²) in [5, 5.41) is 0. The van der Waals surface area contributed by atoms with Crippen LogP contribution in [0.2, 0.25) is 0 Å². The zero-order valence-electron chi connectivity index (χ0n) is 40.9. The second-order valence-corrected chi connectivity index (χ2v) is 18.8. The first-order valence-corrected chi connectivity index (χ1v) is 26.9. The molecule has 0 aromatic rings. The van der Waals surface area contributed by atoms with Crippen LogP contribution in [0.1, 0.15) is 304 Å². The second kappa shape index (κ2) is 48.4. The third-order valence-corrected chi connectivity index (χ3v) is 12.7. The topological polar surface area (TPSA) is 78.9 Å². The number of carbonyl (C=O) groups excluding carboxylic acids is 3. The third kappa shape index (κ3) is 45.9. The maximum Gasteiger partial charge on any atom is 0.306 e. The summed E-state index contributed by atoms with van der Waals surface area (Å²) in [6.07, 6.45) is 50.8. The Hall–Kier alpha value is -1.59. The number of hydrogen-bond donors (Lipinski definition) is 0. The van der Waals surface area contributed by atoms with Crippen molar-refractivity contribution in [2.75, 3.05) is 13.2 Å². The van der Waals surface area contributed by atoms with Crippen molar-refractivity contribution in [3.05, 3.63) is 0 Å². The van der Waals surface area contributed by atoms with E-state index in [1.54, 1.807) is 0 Å². The lowest BCUT2D eigenvalue weighted by Gasteiger charge is -2.18. The maximum atomic E-state index is 12.8. The van der Waals surface area contributed by atoms with Crippen molar-refractivity contribution in [3.63, 3.8) is 0 Å². The lowest BCUT2D eigenvalue weighted by atomic mass is 9.99. The molecule has 356 valence electrons.